The number of carbonyl (C=O) groups excluding carboxylic acids is 1. The molecule has 1 aliphatic heterocycles. The largest absolute Gasteiger partial charge is 0.404 e. The molecule has 1 aromatic heterocycles. The fraction of sp³-hybridized carbons (Fsp3) is 0.438. The molecule has 0 aromatic carbocycles. The summed E-state index contributed by atoms with van der Waals surface area (Å²) in [5, 5.41) is 0. The zero-order valence-corrected chi connectivity index (χ0v) is 13.4. The molecule has 0 radical (unpaired) electrons. The maximum Gasteiger partial charge on any atom is 0.252 e. The molecule has 23 heavy (non-hydrogen) atoms. The van der Waals surface area contributed by atoms with Gasteiger partial charge >= 0.3 is 0 Å². The molecule has 1 amide bonds. The Balaban J connectivity index is 2.10. The molecule has 0 bridgehead atoms. The van der Waals surface area contributed by atoms with Gasteiger partial charge in [0.05, 0.1) is 11.6 Å². The Morgan fingerprint density at radius 1 is 1.48 bits per heavy atom. The molecule has 0 aliphatic carbocycles. The number of primary amides is 1. The molecule has 2 heterocycles. The monoisotopic (exact) mass is 316 g/mol. The van der Waals surface area contributed by atoms with Crippen LogP contribution in [0, 0.1) is 0 Å². The minimum Gasteiger partial charge on any atom is -0.404 e. The van der Waals surface area contributed by atoms with E-state index in [-0.39, 0.29) is 11.4 Å². The molecule has 2 rings (SSSR count). The van der Waals surface area contributed by atoms with E-state index in [4.69, 9.17) is 17.2 Å². The van der Waals surface area contributed by atoms with Crippen molar-refractivity contribution in [1.29, 1.82) is 0 Å². The third-order valence-electron chi connectivity index (χ3n) is 4.13. The third-order valence-corrected chi connectivity index (χ3v) is 4.13. The van der Waals surface area contributed by atoms with E-state index in [2.05, 4.69) is 21.8 Å². The molecule has 1 aromatic rings. The summed E-state index contributed by atoms with van der Waals surface area (Å²) in [5.74, 6) is -0.501. The lowest BCUT2D eigenvalue weighted by Gasteiger charge is -2.28. The molecule has 7 heteroatoms. The topological polar surface area (TPSA) is 124 Å². The highest BCUT2D eigenvalue weighted by atomic mass is 16.1. The Morgan fingerprint density at radius 2 is 2.17 bits per heavy atom. The minimum atomic E-state index is -0.614. The maximum atomic E-state index is 11.4. The molecule has 0 unspecified atom stereocenters. The number of rotatable bonds is 5. The Morgan fingerprint density at radius 3 is 2.74 bits per heavy atom. The number of hydrogen-bond donors (Lipinski definition) is 3. The van der Waals surface area contributed by atoms with E-state index in [0.29, 0.717) is 17.2 Å². The molecule has 124 valence electrons. The van der Waals surface area contributed by atoms with Crippen LogP contribution in [0.4, 0.5) is 5.82 Å². The highest BCUT2D eigenvalue weighted by molar-refractivity contribution is 6.10. The molecule has 6 N–H and O–H groups in total. The summed E-state index contributed by atoms with van der Waals surface area (Å²) in [6.07, 6.45) is 6.82. The lowest BCUT2D eigenvalue weighted by molar-refractivity contribution is 0.100. The van der Waals surface area contributed by atoms with Crippen molar-refractivity contribution < 1.29 is 4.79 Å². The van der Waals surface area contributed by atoms with Crippen LogP contribution in [0.2, 0.25) is 0 Å². The number of hydrogen-bond acceptors (Lipinski definition) is 6. The van der Waals surface area contributed by atoms with Gasteiger partial charge in [0.1, 0.15) is 5.82 Å². The second-order valence-corrected chi connectivity index (χ2v) is 5.59. The highest BCUT2D eigenvalue weighted by Crippen LogP contribution is 2.18. The molecule has 1 saturated heterocycles. The number of aliphatic imine (C=N–C) groups is 1. The van der Waals surface area contributed by atoms with Crippen molar-refractivity contribution in [3.8, 4) is 0 Å². The first-order valence-electron chi connectivity index (χ1n) is 7.78. The van der Waals surface area contributed by atoms with E-state index in [9.17, 15) is 4.79 Å². The molecule has 0 saturated carbocycles. The third kappa shape index (κ3) is 4.29. The number of likely N-dealkylation sites (tertiary alicyclic amines) is 1. The first-order chi connectivity index (χ1) is 11.0. The Kier molecular flexibility index (Phi) is 5.70. The SMILES string of the molecule is CCN1CCC(N=CC(=CN)c2cnc(N)c(C(N)=O)c2)CC1. The van der Waals surface area contributed by atoms with Gasteiger partial charge in [0, 0.05) is 42.8 Å². The first kappa shape index (κ1) is 17.0. The fourth-order valence-electron chi connectivity index (χ4n) is 2.61. The van der Waals surface area contributed by atoms with Crippen LogP contribution in [-0.2, 0) is 0 Å². The number of amides is 1. The van der Waals surface area contributed by atoms with Gasteiger partial charge in [0.2, 0.25) is 0 Å². The standard InChI is InChI=1S/C16H24N6O/c1-2-22-5-3-13(4-6-22)20-10-12(8-17)11-7-14(16(19)23)15(18)21-9-11/h7-10,13H,2-6,17H2,1H3,(H2,18,21)(H2,19,23). The van der Waals surface area contributed by atoms with Gasteiger partial charge in [-0.25, -0.2) is 4.98 Å². The van der Waals surface area contributed by atoms with Crippen LogP contribution in [0.25, 0.3) is 5.57 Å². The summed E-state index contributed by atoms with van der Waals surface area (Å²) in [6, 6.07) is 1.89. The predicted octanol–water partition coefficient (Wildman–Crippen LogP) is 0.617. The second-order valence-electron chi connectivity index (χ2n) is 5.59. The van der Waals surface area contributed by atoms with Crippen LogP contribution in [-0.4, -0.2) is 47.7 Å². The van der Waals surface area contributed by atoms with Gasteiger partial charge in [-0.1, -0.05) is 6.92 Å². The fourth-order valence-corrected chi connectivity index (χ4v) is 2.61. The zero-order chi connectivity index (χ0) is 16.8. The molecule has 1 aliphatic rings. The summed E-state index contributed by atoms with van der Waals surface area (Å²) < 4.78 is 0. The summed E-state index contributed by atoms with van der Waals surface area (Å²) in [7, 11) is 0. The number of pyridine rings is 1. The van der Waals surface area contributed by atoms with Gasteiger partial charge < -0.3 is 22.1 Å². The molecule has 0 spiro atoms. The van der Waals surface area contributed by atoms with Crippen molar-refractivity contribution in [3.63, 3.8) is 0 Å². The average Bonchev–Trinajstić information content (AvgIpc) is 2.57. The Labute approximate surface area is 136 Å². The van der Waals surface area contributed by atoms with Crippen molar-refractivity contribution in [3.05, 3.63) is 29.6 Å². The number of aromatic nitrogens is 1. The van der Waals surface area contributed by atoms with Gasteiger partial charge in [-0.2, -0.15) is 0 Å². The van der Waals surface area contributed by atoms with Crippen LogP contribution in [0.3, 0.4) is 0 Å². The number of allylic oxidation sites excluding steroid dienone is 1. The normalized spacial score (nSPS) is 17.7. The van der Waals surface area contributed by atoms with Crippen LogP contribution in [0.5, 0.6) is 0 Å². The number of nitrogens with two attached hydrogens (primary N) is 3. The Hall–Kier alpha value is -2.41. The minimum absolute atomic E-state index is 0.112. The van der Waals surface area contributed by atoms with Crippen LogP contribution in [0.15, 0.2) is 23.5 Å². The van der Waals surface area contributed by atoms with Gasteiger partial charge in [-0.15, -0.1) is 0 Å². The van der Waals surface area contributed by atoms with Crippen LogP contribution in [0.1, 0.15) is 35.7 Å². The summed E-state index contributed by atoms with van der Waals surface area (Å²) in [5.41, 5.74) is 18.2. The Bertz CT molecular complexity index is 617. The van der Waals surface area contributed by atoms with Gasteiger partial charge in [-0.3, -0.25) is 9.79 Å². The van der Waals surface area contributed by atoms with Crippen LogP contribution < -0.4 is 17.2 Å². The van der Waals surface area contributed by atoms with Crippen molar-refractivity contribution in [2.75, 3.05) is 25.4 Å². The predicted molar refractivity (Wildman–Crippen MR) is 93.0 cm³/mol. The van der Waals surface area contributed by atoms with E-state index in [1.807, 2.05) is 0 Å². The molecular weight excluding hydrogens is 292 g/mol. The van der Waals surface area contributed by atoms with Gasteiger partial charge in [0.15, 0.2) is 0 Å². The van der Waals surface area contributed by atoms with Crippen LogP contribution >= 0.6 is 0 Å². The molecule has 7 nitrogen and oxygen atoms in total. The molecule has 1 fully saturated rings. The molecule has 0 atom stereocenters. The van der Waals surface area contributed by atoms with Crippen molar-refractivity contribution in [2.24, 2.45) is 16.5 Å². The zero-order valence-electron chi connectivity index (χ0n) is 13.4. The molecular formula is C16H24N6O. The number of nitrogen functional groups attached to an aromatic ring is 1. The first-order valence-corrected chi connectivity index (χ1v) is 7.78. The van der Waals surface area contributed by atoms with Gasteiger partial charge in [-0.05, 0) is 25.5 Å². The van der Waals surface area contributed by atoms with Crippen molar-refractivity contribution >= 4 is 23.5 Å². The van der Waals surface area contributed by atoms with Crippen molar-refractivity contribution in [1.82, 2.24) is 9.88 Å². The second kappa shape index (κ2) is 7.73. The average molecular weight is 316 g/mol. The highest BCUT2D eigenvalue weighted by Gasteiger charge is 2.17. The quantitative estimate of drug-likeness (QED) is 0.687. The number of anilines is 1. The van der Waals surface area contributed by atoms with E-state index in [1.54, 1.807) is 18.5 Å². The number of carbonyl (C=O) groups is 1. The van der Waals surface area contributed by atoms with E-state index < -0.39 is 5.91 Å². The summed E-state index contributed by atoms with van der Waals surface area (Å²) >= 11 is 0. The van der Waals surface area contributed by atoms with E-state index in [0.717, 1.165) is 32.5 Å². The smallest absolute Gasteiger partial charge is 0.252 e. The lowest BCUT2D eigenvalue weighted by atomic mass is 10.0. The lowest BCUT2D eigenvalue weighted by Crippen LogP contribution is -2.35. The summed E-state index contributed by atoms with van der Waals surface area (Å²) in [6.45, 7) is 5.38. The van der Waals surface area contributed by atoms with E-state index in [1.165, 1.54) is 6.20 Å². The maximum absolute atomic E-state index is 11.4. The van der Waals surface area contributed by atoms with Crippen molar-refractivity contribution in [2.45, 2.75) is 25.8 Å². The number of nitrogens with zero attached hydrogens (tertiary/aromatic N) is 3. The summed E-state index contributed by atoms with van der Waals surface area (Å²) in [4.78, 5) is 22.4. The van der Waals surface area contributed by atoms with Gasteiger partial charge in [0.25, 0.3) is 5.91 Å². The van der Waals surface area contributed by atoms with E-state index >= 15 is 0 Å². The number of piperidine rings is 1.